The summed E-state index contributed by atoms with van der Waals surface area (Å²) >= 11 is 5.06. The molecular formula is C12H14BrN3OS. The smallest absolute Gasteiger partial charge is 0.258 e. The summed E-state index contributed by atoms with van der Waals surface area (Å²) in [6.07, 6.45) is 4.84. The Hall–Kier alpha value is -0.720. The third-order valence-corrected chi connectivity index (χ3v) is 4.63. The molecular weight excluding hydrogens is 314 g/mol. The highest BCUT2D eigenvalue weighted by Gasteiger charge is 2.20. The van der Waals surface area contributed by atoms with Gasteiger partial charge in [0, 0.05) is 5.38 Å². The van der Waals surface area contributed by atoms with Gasteiger partial charge in [0.25, 0.3) is 5.89 Å². The molecule has 0 bridgehead atoms. The van der Waals surface area contributed by atoms with Crippen molar-refractivity contribution in [2.24, 2.45) is 0 Å². The molecule has 1 atom stereocenters. The van der Waals surface area contributed by atoms with Crippen molar-refractivity contribution in [1.29, 1.82) is 0 Å². The summed E-state index contributed by atoms with van der Waals surface area (Å²) in [5.74, 6) is 1.40. The Morgan fingerprint density at radius 2 is 2.33 bits per heavy atom. The van der Waals surface area contributed by atoms with E-state index in [1.807, 2.05) is 11.4 Å². The molecule has 1 aliphatic heterocycles. The first-order valence-corrected chi connectivity index (χ1v) is 7.81. The highest BCUT2D eigenvalue weighted by molar-refractivity contribution is 9.11. The number of nitrogens with one attached hydrogen (secondary N) is 1. The van der Waals surface area contributed by atoms with Gasteiger partial charge in [0.15, 0.2) is 5.82 Å². The topological polar surface area (TPSA) is 51.0 Å². The number of hydrogen-bond acceptors (Lipinski definition) is 5. The molecule has 3 heterocycles. The van der Waals surface area contributed by atoms with Gasteiger partial charge in [-0.3, -0.25) is 0 Å². The fraction of sp³-hybridized carbons (Fsp3) is 0.500. The van der Waals surface area contributed by atoms with Gasteiger partial charge in [0.05, 0.1) is 15.4 Å². The van der Waals surface area contributed by atoms with E-state index in [4.69, 9.17) is 4.52 Å². The maximum absolute atomic E-state index is 5.34. The summed E-state index contributed by atoms with van der Waals surface area (Å²) < 4.78 is 6.42. The summed E-state index contributed by atoms with van der Waals surface area (Å²) in [6.45, 7) is 1.04. The van der Waals surface area contributed by atoms with E-state index < -0.39 is 0 Å². The molecule has 0 amide bonds. The summed E-state index contributed by atoms with van der Waals surface area (Å²) in [7, 11) is 0. The molecule has 1 aliphatic rings. The second-order valence-corrected chi connectivity index (χ2v) is 6.74. The molecule has 0 saturated carbocycles. The Morgan fingerprint density at radius 1 is 1.39 bits per heavy atom. The first-order valence-electron chi connectivity index (χ1n) is 6.14. The van der Waals surface area contributed by atoms with Crippen LogP contribution in [0.1, 0.15) is 37.5 Å². The number of nitrogens with zero attached hydrogens (tertiary/aromatic N) is 2. The van der Waals surface area contributed by atoms with Crippen molar-refractivity contribution in [3.8, 4) is 11.5 Å². The van der Waals surface area contributed by atoms with E-state index in [9.17, 15) is 0 Å². The number of hydrogen-bond donors (Lipinski definition) is 1. The lowest BCUT2D eigenvalue weighted by atomic mass is 10.1. The van der Waals surface area contributed by atoms with E-state index in [2.05, 4.69) is 31.4 Å². The number of aromatic nitrogens is 2. The molecule has 1 saturated heterocycles. The van der Waals surface area contributed by atoms with Crippen LogP contribution < -0.4 is 5.32 Å². The van der Waals surface area contributed by atoms with Crippen LogP contribution in [0.3, 0.4) is 0 Å². The normalized spacial score (nSPS) is 20.8. The lowest BCUT2D eigenvalue weighted by Gasteiger charge is -2.09. The van der Waals surface area contributed by atoms with Crippen molar-refractivity contribution in [2.75, 3.05) is 6.54 Å². The van der Waals surface area contributed by atoms with Gasteiger partial charge in [-0.2, -0.15) is 4.98 Å². The molecule has 2 aromatic rings. The van der Waals surface area contributed by atoms with Crippen molar-refractivity contribution in [3.05, 3.63) is 21.1 Å². The van der Waals surface area contributed by atoms with Crippen LogP contribution in [0, 0.1) is 0 Å². The molecule has 1 fully saturated rings. The zero-order valence-corrected chi connectivity index (χ0v) is 12.3. The molecule has 96 valence electrons. The first-order chi connectivity index (χ1) is 8.83. The molecule has 2 aromatic heterocycles. The minimum Gasteiger partial charge on any atom is -0.334 e. The van der Waals surface area contributed by atoms with Crippen molar-refractivity contribution in [2.45, 2.75) is 31.7 Å². The molecule has 1 unspecified atom stereocenters. The Kier molecular flexibility index (Phi) is 3.77. The number of rotatable bonds is 2. The van der Waals surface area contributed by atoms with Gasteiger partial charge in [0.2, 0.25) is 0 Å². The van der Waals surface area contributed by atoms with Gasteiger partial charge in [-0.1, -0.05) is 18.0 Å². The number of halogens is 1. The quantitative estimate of drug-likeness (QED) is 0.912. The van der Waals surface area contributed by atoms with Crippen LogP contribution in [0.5, 0.6) is 0 Å². The lowest BCUT2D eigenvalue weighted by molar-refractivity contribution is 0.402. The van der Waals surface area contributed by atoms with Gasteiger partial charge in [-0.15, -0.1) is 11.3 Å². The average molecular weight is 328 g/mol. The van der Waals surface area contributed by atoms with Gasteiger partial charge >= 0.3 is 0 Å². The third-order valence-electron chi connectivity index (χ3n) is 3.13. The van der Waals surface area contributed by atoms with Crippen LogP contribution >= 0.6 is 27.3 Å². The van der Waals surface area contributed by atoms with E-state index in [-0.39, 0.29) is 6.04 Å². The molecule has 6 heteroatoms. The second kappa shape index (κ2) is 5.50. The zero-order chi connectivity index (χ0) is 12.4. The maximum atomic E-state index is 5.34. The minimum absolute atomic E-state index is 0.243. The van der Waals surface area contributed by atoms with E-state index in [0.717, 1.165) is 28.1 Å². The maximum Gasteiger partial charge on any atom is 0.258 e. The highest BCUT2D eigenvalue weighted by atomic mass is 79.9. The molecule has 18 heavy (non-hydrogen) atoms. The molecule has 0 spiro atoms. The first kappa shape index (κ1) is 12.3. The van der Waals surface area contributed by atoms with Crippen LogP contribution in [0.4, 0.5) is 0 Å². The van der Waals surface area contributed by atoms with Crippen molar-refractivity contribution >= 4 is 27.3 Å². The predicted octanol–water partition coefficient (Wildman–Crippen LogP) is 3.77. The Labute approximate surface area is 118 Å². The third kappa shape index (κ3) is 2.65. The number of thiophene rings is 1. The van der Waals surface area contributed by atoms with Crippen LogP contribution in [0.15, 0.2) is 19.8 Å². The molecule has 1 N–H and O–H groups in total. The van der Waals surface area contributed by atoms with Crippen LogP contribution in [0.2, 0.25) is 0 Å². The fourth-order valence-corrected chi connectivity index (χ4v) is 3.30. The van der Waals surface area contributed by atoms with E-state index in [1.165, 1.54) is 19.3 Å². The second-order valence-electron chi connectivity index (χ2n) is 4.45. The van der Waals surface area contributed by atoms with Gasteiger partial charge in [-0.25, -0.2) is 0 Å². The van der Waals surface area contributed by atoms with Crippen LogP contribution in [-0.4, -0.2) is 16.7 Å². The summed E-state index contributed by atoms with van der Waals surface area (Å²) in [4.78, 5) is 4.50. The Bertz CT molecular complexity index is 517. The van der Waals surface area contributed by atoms with Crippen LogP contribution in [-0.2, 0) is 0 Å². The van der Waals surface area contributed by atoms with E-state index in [1.54, 1.807) is 11.3 Å². The predicted molar refractivity (Wildman–Crippen MR) is 74.5 cm³/mol. The Morgan fingerprint density at radius 3 is 3.17 bits per heavy atom. The molecule has 0 aliphatic carbocycles. The van der Waals surface area contributed by atoms with Crippen molar-refractivity contribution < 1.29 is 4.52 Å². The lowest BCUT2D eigenvalue weighted by Crippen LogP contribution is -2.21. The fourth-order valence-electron chi connectivity index (χ4n) is 2.16. The van der Waals surface area contributed by atoms with E-state index in [0.29, 0.717) is 5.89 Å². The molecule has 4 nitrogen and oxygen atoms in total. The average Bonchev–Trinajstić information content (AvgIpc) is 2.92. The molecule has 0 aromatic carbocycles. The van der Waals surface area contributed by atoms with Crippen LogP contribution in [0.25, 0.3) is 11.5 Å². The molecule has 3 rings (SSSR count). The van der Waals surface area contributed by atoms with Gasteiger partial charge < -0.3 is 9.84 Å². The van der Waals surface area contributed by atoms with Gasteiger partial charge in [-0.05, 0) is 41.4 Å². The SMILES string of the molecule is Brc1cc(-c2nc(C3CCCCCN3)no2)cs1. The van der Waals surface area contributed by atoms with Crippen molar-refractivity contribution in [3.63, 3.8) is 0 Å². The van der Waals surface area contributed by atoms with E-state index >= 15 is 0 Å². The zero-order valence-electron chi connectivity index (χ0n) is 9.86. The molecule has 0 radical (unpaired) electrons. The summed E-state index contributed by atoms with van der Waals surface area (Å²) in [5, 5.41) is 9.60. The standard InChI is InChI=1S/C12H14BrN3OS/c13-10-6-8(7-18-10)12-15-11(16-17-12)9-4-2-1-3-5-14-9/h6-7,9,14H,1-5H2. The Balaban J connectivity index is 1.80. The van der Waals surface area contributed by atoms with Crippen molar-refractivity contribution in [1.82, 2.24) is 15.5 Å². The summed E-state index contributed by atoms with van der Waals surface area (Å²) in [6, 6.07) is 2.25. The summed E-state index contributed by atoms with van der Waals surface area (Å²) in [5.41, 5.74) is 0.985. The minimum atomic E-state index is 0.243. The largest absolute Gasteiger partial charge is 0.334 e. The van der Waals surface area contributed by atoms with Gasteiger partial charge in [0.1, 0.15) is 0 Å². The highest BCUT2D eigenvalue weighted by Crippen LogP contribution is 2.29. The monoisotopic (exact) mass is 327 g/mol.